The predicted molar refractivity (Wildman–Crippen MR) is 63.4 cm³/mol. The molecule has 0 aromatic heterocycles. The van der Waals surface area contributed by atoms with Crippen molar-refractivity contribution in [1.29, 1.82) is 0 Å². The summed E-state index contributed by atoms with van der Waals surface area (Å²) in [7, 11) is 1.58. The van der Waals surface area contributed by atoms with Crippen molar-refractivity contribution in [3.8, 4) is 0 Å². The molecule has 0 unspecified atom stereocenters. The minimum absolute atomic E-state index is 0.0694. The zero-order chi connectivity index (χ0) is 12.5. The second-order valence-corrected chi connectivity index (χ2v) is 4.72. The highest BCUT2D eigenvalue weighted by Gasteiger charge is 2.43. The van der Waals surface area contributed by atoms with Crippen LogP contribution in [0.25, 0.3) is 0 Å². The minimum Gasteiger partial charge on any atom is -0.370 e. The van der Waals surface area contributed by atoms with E-state index in [9.17, 15) is 9.18 Å². The van der Waals surface area contributed by atoms with Gasteiger partial charge in [0.2, 0.25) is 0 Å². The fraction of sp³-hybridized carbons (Fsp3) is 0.500. The van der Waals surface area contributed by atoms with Crippen LogP contribution in [0.3, 0.4) is 0 Å². The number of Topliss-reactive ketones (excluding diaryl/α,β-unsaturated/α-hetero) is 1. The first-order chi connectivity index (χ1) is 8.07. The molecule has 1 saturated carbocycles. The third-order valence-corrected chi connectivity index (χ3v) is 3.72. The third kappa shape index (κ3) is 2.25. The first-order valence-corrected chi connectivity index (χ1v) is 5.91. The Bertz CT molecular complexity index is 430. The molecule has 1 aromatic carbocycles. The number of aryl methyl sites for hydroxylation is 1. The Labute approximate surface area is 101 Å². The Morgan fingerprint density at radius 2 is 2.18 bits per heavy atom. The van der Waals surface area contributed by atoms with Gasteiger partial charge in [0, 0.05) is 13.5 Å². The molecule has 1 fully saturated rings. The molecule has 0 N–H and O–H groups in total. The summed E-state index contributed by atoms with van der Waals surface area (Å²) in [5.74, 6) is -0.224. The Hall–Kier alpha value is -1.22. The van der Waals surface area contributed by atoms with Gasteiger partial charge in [-0.25, -0.2) is 4.39 Å². The molecule has 0 radical (unpaired) electrons. The van der Waals surface area contributed by atoms with E-state index in [1.54, 1.807) is 13.2 Å². The lowest BCUT2D eigenvalue weighted by atomic mass is 9.75. The summed E-state index contributed by atoms with van der Waals surface area (Å²) in [6.07, 6.45) is 2.87. The van der Waals surface area contributed by atoms with E-state index >= 15 is 0 Å². The first-order valence-electron chi connectivity index (χ1n) is 5.91. The van der Waals surface area contributed by atoms with Crippen molar-refractivity contribution in [2.24, 2.45) is 0 Å². The van der Waals surface area contributed by atoms with Gasteiger partial charge >= 0.3 is 0 Å². The molecule has 0 atom stereocenters. The van der Waals surface area contributed by atoms with E-state index in [0.29, 0.717) is 0 Å². The molecule has 1 aromatic rings. The molecule has 0 aliphatic heterocycles. The van der Waals surface area contributed by atoms with E-state index < -0.39 is 5.60 Å². The summed E-state index contributed by atoms with van der Waals surface area (Å²) in [6.45, 7) is 1.89. The largest absolute Gasteiger partial charge is 0.370 e. The topological polar surface area (TPSA) is 26.3 Å². The van der Waals surface area contributed by atoms with E-state index in [4.69, 9.17) is 4.74 Å². The molecule has 0 saturated heterocycles. The maximum absolute atomic E-state index is 13.1. The van der Waals surface area contributed by atoms with Crippen LogP contribution in [0, 0.1) is 12.7 Å². The number of ketones is 1. The van der Waals surface area contributed by atoms with Crippen molar-refractivity contribution >= 4 is 5.78 Å². The average molecular weight is 236 g/mol. The van der Waals surface area contributed by atoms with E-state index in [0.717, 1.165) is 30.4 Å². The summed E-state index contributed by atoms with van der Waals surface area (Å²) in [5.41, 5.74) is 1.11. The molecule has 17 heavy (non-hydrogen) atoms. The normalized spacial score (nSPS) is 17.6. The SMILES string of the molecule is COC1(C(=O)Cc2cc(F)ccc2C)CCC1. The zero-order valence-corrected chi connectivity index (χ0v) is 10.3. The summed E-state index contributed by atoms with van der Waals surface area (Å²) in [6, 6.07) is 4.56. The molecule has 0 bridgehead atoms. The van der Waals surface area contributed by atoms with Gasteiger partial charge in [0.25, 0.3) is 0 Å². The molecule has 0 amide bonds. The quantitative estimate of drug-likeness (QED) is 0.803. The number of hydrogen-bond acceptors (Lipinski definition) is 2. The van der Waals surface area contributed by atoms with Gasteiger partial charge in [-0.05, 0) is 49.4 Å². The van der Waals surface area contributed by atoms with Gasteiger partial charge in [-0.2, -0.15) is 0 Å². The molecular formula is C14H17FO2. The Morgan fingerprint density at radius 1 is 1.47 bits per heavy atom. The van der Waals surface area contributed by atoms with Crippen molar-refractivity contribution in [3.05, 3.63) is 35.1 Å². The molecule has 1 aliphatic rings. The van der Waals surface area contributed by atoms with Crippen molar-refractivity contribution < 1.29 is 13.9 Å². The van der Waals surface area contributed by atoms with Crippen LogP contribution in [0.1, 0.15) is 30.4 Å². The van der Waals surface area contributed by atoms with Crippen LogP contribution in [0.4, 0.5) is 4.39 Å². The number of hydrogen-bond donors (Lipinski definition) is 0. The lowest BCUT2D eigenvalue weighted by Gasteiger charge is -2.39. The van der Waals surface area contributed by atoms with Crippen molar-refractivity contribution in [2.75, 3.05) is 7.11 Å². The van der Waals surface area contributed by atoms with Gasteiger partial charge in [-0.1, -0.05) is 6.07 Å². The monoisotopic (exact) mass is 236 g/mol. The molecule has 0 spiro atoms. The summed E-state index contributed by atoms with van der Waals surface area (Å²) >= 11 is 0. The number of benzene rings is 1. The second kappa shape index (κ2) is 4.57. The highest BCUT2D eigenvalue weighted by molar-refractivity contribution is 5.90. The number of methoxy groups -OCH3 is 1. The van der Waals surface area contributed by atoms with Crippen LogP contribution in [0.15, 0.2) is 18.2 Å². The Balaban J connectivity index is 2.15. The number of rotatable bonds is 4. The third-order valence-electron chi connectivity index (χ3n) is 3.72. The van der Waals surface area contributed by atoms with Crippen LogP contribution < -0.4 is 0 Å². The van der Waals surface area contributed by atoms with E-state index in [1.807, 2.05) is 6.92 Å². The fourth-order valence-electron chi connectivity index (χ4n) is 2.26. The van der Waals surface area contributed by atoms with Crippen molar-refractivity contribution in [1.82, 2.24) is 0 Å². The summed E-state index contributed by atoms with van der Waals surface area (Å²) < 4.78 is 18.5. The van der Waals surface area contributed by atoms with Crippen LogP contribution in [0.5, 0.6) is 0 Å². The standard InChI is InChI=1S/C14H17FO2/c1-10-4-5-12(15)8-11(10)9-13(16)14(17-2)6-3-7-14/h4-5,8H,3,6-7,9H2,1-2H3. The lowest BCUT2D eigenvalue weighted by Crippen LogP contribution is -2.47. The summed E-state index contributed by atoms with van der Waals surface area (Å²) in [4.78, 5) is 12.2. The van der Waals surface area contributed by atoms with Crippen LogP contribution >= 0.6 is 0 Å². The molecule has 0 heterocycles. The molecule has 1 aliphatic carbocycles. The van der Waals surface area contributed by atoms with Gasteiger partial charge < -0.3 is 4.74 Å². The highest BCUT2D eigenvalue weighted by atomic mass is 19.1. The van der Waals surface area contributed by atoms with Crippen LogP contribution in [-0.4, -0.2) is 18.5 Å². The Kier molecular flexibility index (Phi) is 3.29. The van der Waals surface area contributed by atoms with E-state index in [1.165, 1.54) is 12.1 Å². The average Bonchev–Trinajstić information content (AvgIpc) is 2.23. The highest BCUT2D eigenvalue weighted by Crippen LogP contribution is 2.36. The van der Waals surface area contributed by atoms with Crippen molar-refractivity contribution in [2.45, 2.75) is 38.2 Å². The van der Waals surface area contributed by atoms with Gasteiger partial charge in [0.15, 0.2) is 5.78 Å². The smallest absolute Gasteiger partial charge is 0.168 e. The summed E-state index contributed by atoms with van der Waals surface area (Å²) in [5, 5.41) is 0. The zero-order valence-electron chi connectivity index (χ0n) is 10.3. The van der Waals surface area contributed by atoms with Crippen molar-refractivity contribution in [3.63, 3.8) is 0 Å². The maximum atomic E-state index is 13.1. The Morgan fingerprint density at radius 3 is 2.71 bits per heavy atom. The molecular weight excluding hydrogens is 219 g/mol. The molecule has 2 rings (SSSR count). The fourth-order valence-corrected chi connectivity index (χ4v) is 2.26. The lowest BCUT2D eigenvalue weighted by molar-refractivity contribution is -0.151. The van der Waals surface area contributed by atoms with E-state index in [2.05, 4.69) is 0 Å². The number of halogens is 1. The van der Waals surface area contributed by atoms with Crippen LogP contribution in [0.2, 0.25) is 0 Å². The van der Waals surface area contributed by atoms with Gasteiger partial charge in [-0.3, -0.25) is 4.79 Å². The van der Waals surface area contributed by atoms with Gasteiger partial charge in [-0.15, -0.1) is 0 Å². The van der Waals surface area contributed by atoms with Gasteiger partial charge in [0.1, 0.15) is 11.4 Å². The second-order valence-electron chi connectivity index (χ2n) is 4.72. The maximum Gasteiger partial charge on any atom is 0.168 e. The molecule has 92 valence electrons. The van der Waals surface area contributed by atoms with Gasteiger partial charge in [0.05, 0.1) is 0 Å². The number of carbonyl (C=O) groups is 1. The van der Waals surface area contributed by atoms with Crippen LogP contribution in [-0.2, 0) is 16.0 Å². The predicted octanol–water partition coefficient (Wildman–Crippen LogP) is 2.81. The first kappa shape index (κ1) is 12.2. The number of ether oxygens (including phenoxy) is 1. The minimum atomic E-state index is -0.598. The van der Waals surface area contributed by atoms with E-state index in [-0.39, 0.29) is 18.0 Å². The molecule has 2 nitrogen and oxygen atoms in total. The number of carbonyl (C=O) groups excluding carboxylic acids is 1. The molecule has 3 heteroatoms.